The van der Waals surface area contributed by atoms with Crippen molar-refractivity contribution in [2.45, 2.75) is 6.61 Å². The molecule has 5 nitrogen and oxygen atoms in total. The number of rotatable bonds is 4. The lowest BCUT2D eigenvalue weighted by Gasteiger charge is -2.08. The minimum atomic E-state index is 0.376. The second-order valence-corrected chi connectivity index (χ2v) is 4.24. The van der Waals surface area contributed by atoms with E-state index >= 15 is 0 Å². The summed E-state index contributed by atoms with van der Waals surface area (Å²) in [6.07, 6.45) is 1.50. The number of ether oxygens (including phenoxy) is 2. The van der Waals surface area contributed by atoms with Crippen molar-refractivity contribution in [1.29, 1.82) is 0 Å². The molecular weight excluding hydrogens is 286 g/mol. The molecule has 0 radical (unpaired) electrons. The summed E-state index contributed by atoms with van der Waals surface area (Å²) in [6.45, 7) is 0.376. The van der Waals surface area contributed by atoms with Crippen LogP contribution in [0.25, 0.3) is 0 Å². The Balaban J connectivity index is 2.07. The van der Waals surface area contributed by atoms with Gasteiger partial charge in [0.05, 0.1) is 11.6 Å². The molecule has 0 N–H and O–H groups in total. The van der Waals surface area contributed by atoms with Gasteiger partial charge in [-0.3, -0.25) is 4.68 Å². The molecule has 0 spiro atoms. The maximum Gasteiger partial charge on any atom is 0.164 e. The van der Waals surface area contributed by atoms with Gasteiger partial charge in [-0.2, -0.15) is 5.10 Å². The maximum absolute atomic E-state index is 5.64. The van der Waals surface area contributed by atoms with Crippen molar-refractivity contribution in [2.75, 3.05) is 7.11 Å². The Hall–Kier alpha value is -1.56. The first-order chi connectivity index (χ1) is 8.20. The molecule has 0 atom stereocenters. The molecule has 2 rings (SSSR count). The molecule has 0 aliphatic carbocycles. The van der Waals surface area contributed by atoms with E-state index in [1.54, 1.807) is 11.8 Å². The lowest BCUT2D eigenvalue weighted by Crippen LogP contribution is -2.04. The number of halogens is 1. The van der Waals surface area contributed by atoms with Crippen molar-refractivity contribution in [2.24, 2.45) is 7.05 Å². The second kappa shape index (κ2) is 5.18. The van der Waals surface area contributed by atoms with Gasteiger partial charge in [-0.25, -0.2) is 4.98 Å². The number of nitrogens with zero attached hydrogens (tertiary/aromatic N) is 3. The molecule has 90 valence electrons. The van der Waals surface area contributed by atoms with Crippen LogP contribution in [0.5, 0.6) is 11.5 Å². The van der Waals surface area contributed by atoms with E-state index in [2.05, 4.69) is 26.0 Å². The average Bonchev–Trinajstić information content (AvgIpc) is 2.73. The molecule has 2 aromatic rings. The quantitative estimate of drug-likeness (QED) is 0.868. The number of aromatic nitrogens is 3. The van der Waals surface area contributed by atoms with Crippen molar-refractivity contribution in [3.05, 3.63) is 34.8 Å². The standard InChI is InChI=1S/C11H12BrN3O2/c1-15-11(13-7-14-15)6-17-10-4-3-8(16-2)5-9(10)12/h3-5,7H,6H2,1-2H3. The third-order valence-corrected chi connectivity index (χ3v) is 2.92. The predicted octanol–water partition coefficient (Wildman–Crippen LogP) is 2.17. The first kappa shape index (κ1) is 11.9. The smallest absolute Gasteiger partial charge is 0.164 e. The monoisotopic (exact) mass is 297 g/mol. The minimum absolute atomic E-state index is 0.376. The van der Waals surface area contributed by atoms with Crippen LogP contribution in [0.4, 0.5) is 0 Å². The first-order valence-corrected chi connectivity index (χ1v) is 5.79. The lowest BCUT2D eigenvalue weighted by molar-refractivity contribution is 0.287. The normalized spacial score (nSPS) is 10.3. The predicted molar refractivity (Wildman–Crippen MR) is 66.0 cm³/mol. The number of aryl methyl sites for hydroxylation is 1. The second-order valence-electron chi connectivity index (χ2n) is 3.38. The Morgan fingerprint density at radius 1 is 1.41 bits per heavy atom. The SMILES string of the molecule is COc1ccc(OCc2ncnn2C)c(Br)c1. The van der Waals surface area contributed by atoms with Gasteiger partial charge in [0.15, 0.2) is 5.82 Å². The van der Waals surface area contributed by atoms with E-state index in [9.17, 15) is 0 Å². The number of hydrogen-bond donors (Lipinski definition) is 0. The highest BCUT2D eigenvalue weighted by atomic mass is 79.9. The minimum Gasteiger partial charge on any atom is -0.497 e. The maximum atomic E-state index is 5.64. The number of benzene rings is 1. The summed E-state index contributed by atoms with van der Waals surface area (Å²) in [5.74, 6) is 2.30. The zero-order valence-electron chi connectivity index (χ0n) is 9.55. The molecular formula is C11H12BrN3O2. The zero-order valence-corrected chi connectivity index (χ0v) is 11.1. The van der Waals surface area contributed by atoms with Crippen molar-refractivity contribution in [3.8, 4) is 11.5 Å². The summed E-state index contributed by atoms with van der Waals surface area (Å²) in [7, 11) is 3.45. The van der Waals surface area contributed by atoms with E-state index in [1.165, 1.54) is 6.33 Å². The van der Waals surface area contributed by atoms with Crippen LogP contribution in [0.3, 0.4) is 0 Å². The van der Waals surface area contributed by atoms with E-state index in [1.807, 2.05) is 25.2 Å². The van der Waals surface area contributed by atoms with E-state index in [4.69, 9.17) is 9.47 Å². The topological polar surface area (TPSA) is 49.2 Å². The van der Waals surface area contributed by atoms with Crippen molar-refractivity contribution in [1.82, 2.24) is 14.8 Å². The van der Waals surface area contributed by atoms with Gasteiger partial charge in [0.2, 0.25) is 0 Å². The number of methoxy groups -OCH3 is 1. The Morgan fingerprint density at radius 3 is 2.82 bits per heavy atom. The van der Waals surface area contributed by atoms with Gasteiger partial charge in [0, 0.05) is 7.05 Å². The largest absolute Gasteiger partial charge is 0.497 e. The highest BCUT2D eigenvalue weighted by molar-refractivity contribution is 9.10. The highest BCUT2D eigenvalue weighted by Crippen LogP contribution is 2.29. The fourth-order valence-corrected chi connectivity index (χ4v) is 1.79. The zero-order chi connectivity index (χ0) is 12.3. The van der Waals surface area contributed by atoms with Crippen LogP contribution in [0, 0.1) is 0 Å². The van der Waals surface area contributed by atoms with Gasteiger partial charge in [0.1, 0.15) is 24.4 Å². The molecule has 1 aromatic carbocycles. The van der Waals surface area contributed by atoms with Crippen LogP contribution in [0.15, 0.2) is 29.0 Å². The summed E-state index contributed by atoms with van der Waals surface area (Å²) in [5.41, 5.74) is 0. The average molecular weight is 298 g/mol. The van der Waals surface area contributed by atoms with Gasteiger partial charge in [-0.05, 0) is 34.1 Å². The molecule has 6 heteroatoms. The Labute approximate surface area is 108 Å². The summed E-state index contributed by atoms with van der Waals surface area (Å²) in [4.78, 5) is 4.08. The number of hydrogen-bond acceptors (Lipinski definition) is 4. The van der Waals surface area contributed by atoms with Gasteiger partial charge in [-0.1, -0.05) is 0 Å². The third-order valence-electron chi connectivity index (χ3n) is 2.30. The van der Waals surface area contributed by atoms with Crippen molar-refractivity contribution in [3.63, 3.8) is 0 Å². The van der Waals surface area contributed by atoms with Crippen LogP contribution in [0.1, 0.15) is 5.82 Å². The van der Waals surface area contributed by atoms with E-state index in [0.717, 1.165) is 21.8 Å². The molecule has 0 aliphatic heterocycles. The van der Waals surface area contributed by atoms with Gasteiger partial charge < -0.3 is 9.47 Å². The molecule has 1 aromatic heterocycles. The lowest BCUT2D eigenvalue weighted by atomic mass is 10.3. The Bertz CT molecular complexity index is 513. The highest BCUT2D eigenvalue weighted by Gasteiger charge is 2.05. The van der Waals surface area contributed by atoms with E-state index in [0.29, 0.717) is 6.61 Å². The van der Waals surface area contributed by atoms with Crippen LogP contribution in [0.2, 0.25) is 0 Å². The van der Waals surface area contributed by atoms with Gasteiger partial charge >= 0.3 is 0 Å². The molecule has 1 heterocycles. The molecule has 17 heavy (non-hydrogen) atoms. The molecule has 0 unspecified atom stereocenters. The van der Waals surface area contributed by atoms with Crippen LogP contribution < -0.4 is 9.47 Å². The summed E-state index contributed by atoms with van der Waals surface area (Å²) >= 11 is 3.42. The molecule has 0 aliphatic rings. The molecule has 0 saturated heterocycles. The van der Waals surface area contributed by atoms with E-state index < -0.39 is 0 Å². The first-order valence-electron chi connectivity index (χ1n) is 5.00. The van der Waals surface area contributed by atoms with Gasteiger partial charge in [-0.15, -0.1) is 0 Å². The molecule has 0 fully saturated rings. The summed E-state index contributed by atoms with van der Waals surface area (Å²) in [6, 6.07) is 5.54. The van der Waals surface area contributed by atoms with Crippen LogP contribution in [-0.2, 0) is 13.7 Å². The summed E-state index contributed by atoms with van der Waals surface area (Å²) < 4.78 is 13.3. The fourth-order valence-electron chi connectivity index (χ4n) is 1.32. The molecule has 0 bridgehead atoms. The van der Waals surface area contributed by atoms with E-state index in [-0.39, 0.29) is 0 Å². The van der Waals surface area contributed by atoms with Gasteiger partial charge in [0.25, 0.3) is 0 Å². The van der Waals surface area contributed by atoms with Crippen LogP contribution >= 0.6 is 15.9 Å². The Morgan fingerprint density at radius 2 is 2.24 bits per heavy atom. The van der Waals surface area contributed by atoms with Crippen molar-refractivity contribution >= 4 is 15.9 Å². The van der Waals surface area contributed by atoms with Crippen LogP contribution in [-0.4, -0.2) is 21.9 Å². The van der Waals surface area contributed by atoms with Crippen molar-refractivity contribution < 1.29 is 9.47 Å². The summed E-state index contributed by atoms with van der Waals surface area (Å²) in [5, 5.41) is 3.97. The molecule has 0 amide bonds. The molecule has 0 saturated carbocycles. The fraction of sp³-hybridized carbons (Fsp3) is 0.273. The third kappa shape index (κ3) is 2.76. The Kier molecular flexibility index (Phi) is 3.63.